The number of amides is 2. The Morgan fingerprint density at radius 3 is 2.33 bits per heavy atom. The number of aliphatic carboxylic acids is 1. The molecular formula is C35H28N4O7. The van der Waals surface area contributed by atoms with Gasteiger partial charge < -0.3 is 14.5 Å². The van der Waals surface area contributed by atoms with E-state index in [-0.39, 0.29) is 18.7 Å². The molecule has 0 saturated carbocycles. The summed E-state index contributed by atoms with van der Waals surface area (Å²) in [6, 6.07) is 26.4. The first-order valence-electron chi connectivity index (χ1n) is 14.7. The molecular weight excluding hydrogens is 588 g/mol. The summed E-state index contributed by atoms with van der Waals surface area (Å²) in [6.45, 7) is -0.350. The summed E-state index contributed by atoms with van der Waals surface area (Å²) in [5.41, 5.74) is 2.27. The average molecular weight is 617 g/mol. The number of aromatic amines is 1. The number of nitro groups is 1. The first-order valence-corrected chi connectivity index (χ1v) is 14.7. The number of benzene rings is 3. The van der Waals surface area contributed by atoms with Crippen molar-refractivity contribution in [3.8, 4) is 0 Å². The summed E-state index contributed by atoms with van der Waals surface area (Å²) in [5, 5.41) is 26.1. The lowest BCUT2D eigenvalue weighted by molar-refractivity contribution is -0.402. The Balaban J connectivity index is 1.27. The number of carboxylic acid groups (broad SMARTS) is 1. The maximum atomic E-state index is 14.1. The van der Waals surface area contributed by atoms with Crippen molar-refractivity contribution in [3.05, 3.63) is 135 Å². The lowest BCUT2D eigenvalue weighted by atomic mass is 9.76. The minimum absolute atomic E-state index is 0.0463. The van der Waals surface area contributed by atoms with Gasteiger partial charge in [-0.3, -0.25) is 34.7 Å². The number of H-pyrrole nitrogens is 1. The van der Waals surface area contributed by atoms with Gasteiger partial charge in [-0.25, -0.2) is 0 Å². The molecule has 5 aromatic rings. The van der Waals surface area contributed by atoms with Crippen molar-refractivity contribution in [1.29, 1.82) is 0 Å². The van der Waals surface area contributed by atoms with Crippen LogP contribution in [0.15, 0.2) is 102 Å². The van der Waals surface area contributed by atoms with Gasteiger partial charge in [0.2, 0.25) is 11.8 Å². The molecule has 7 rings (SSSR count). The monoisotopic (exact) mass is 616 g/mol. The van der Waals surface area contributed by atoms with Crippen molar-refractivity contribution >= 4 is 46.7 Å². The largest absolute Gasteiger partial charge is 0.480 e. The van der Waals surface area contributed by atoms with Gasteiger partial charge in [0.25, 0.3) is 0 Å². The van der Waals surface area contributed by atoms with E-state index in [2.05, 4.69) is 10.3 Å². The molecule has 0 aliphatic carbocycles. The number of hydrogen-bond acceptors (Lipinski definition) is 7. The van der Waals surface area contributed by atoms with Gasteiger partial charge in [-0.15, -0.1) is 0 Å². The van der Waals surface area contributed by atoms with Crippen molar-refractivity contribution < 1.29 is 28.8 Å². The Morgan fingerprint density at radius 1 is 0.935 bits per heavy atom. The minimum atomic E-state index is -1.83. The van der Waals surface area contributed by atoms with Gasteiger partial charge in [0.1, 0.15) is 16.2 Å². The summed E-state index contributed by atoms with van der Waals surface area (Å²) in [6.07, 6.45) is 5.60. The number of aromatic nitrogens is 1. The number of furan rings is 1. The number of carbonyl (C=O) groups is 3. The van der Waals surface area contributed by atoms with E-state index in [1.165, 1.54) is 6.07 Å². The zero-order chi connectivity index (χ0) is 32.0. The second kappa shape index (κ2) is 11.3. The number of para-hydroxylation sites is 1. The molecule has 11 heteroatoms. The molecule has 4 unspecified atom stereocenters. The number of nitrogens with zero attached hydrogens (tertiary/aromatic N) is 2. The van der Waals surface area contributed by atoms with Gasteiger partial charge in [-0.05, 0) is 34.4 Å². The third kappa shape index (κ3) is 4.87. The van der Waals surface area contributed by atoms with E-state index in [9.17, 15) is 29.6 Å². The highest BCUT2D eigenvalue weighted by molar-refractivity contribution is 6.09. The van der Waals surface area contributed by atoms with Crippen LogP contribution in [0.25, 0.3) is 23.1 Å². The molecule has 2 amide bonds. The van der Waals surface area contributed by atoms with Gasteiger partial charge in [0.15, 0.2) is 0 Å². The first-order chi connectivity index (χ1) is 22.2. The second-order valence-corrected chi connectivity index (χ2v) is 11.6. The molecule has 46 heavy (non-hydrogen) atoms. The molecule has 230 valence electrons. The second-order valence-electron chi connectivity index (χ2n) is 11.6. The van der Waals surface area contributed by atoms with Crippen LogP contribution in [-0.2, 0) is 27.3 Å². The lowest BCUT2D eigenvalue weighted by Gasteiger charge is -2.31. The molecule has 0 bridgehead atoms. The predicted molar refractivity (Wildman–Crippen MR) is 168 cm³/mol. The SMILES string of the molecule is O=C1C2C(c3ccc(/C=C/c4ccccc4)cc3)NC(Cc3c[nH]c4ccccc34)(C(=O)O)C2C(=O)N1Cc1ccc([N+](=O)[O-])o1. The van der Waals surface area contributed by atoms with Crippen LogP contribution < -0.4 is 5.32 Å². The van der Waals surface area contributed by atoms with E-state index in [1.54, 1.807) is 6.20 Å². The molecule has 0 radical (unpaired) electrons. The fraction of sp³-hybridized carbons (Fsp3) is 0.171. The highest BCUT2D eigenvalue weighted by Crippen LogP contribution is 2.50. The number of likely N-dealkylation sites (tertiary alicyclic amines) is 1. The number of hydrogen-bond donors (Lipinski definition) is 3. The smallest absolute Gasteiger partial charge is 0.433 e. The third-order valence-electron chi connectivity index (χ3n) is 8.98. The number of carboxylic acids is 1. The lowest BCUT2D eigenvalue weighted by Crippen LogP contribution is -2.57. The zero-order valence-electron chi connectivity index (χ0n) is 24.3. The highest BCUT2D eigenvalue weighted by Gasteiger charge is 2.68. The molecule has 2 aliphatic heterocycles. The molecule has 3 aromatic carbocycles. The molecule has 3 N–H and O–H groups in total. The summed E-state index contributed by atoms with van der Waals surface area (Å²) < 4.78 is 5.25. The van der Waals surface area contributed by atoms with Gasteiger partial charge in [-0.1, -0.05) is 84.9 Å². The molecule has 4 heterocycles. The number of imide groups is 1. The van der Waals surface area contributed by atoms with Crippen molar-refractivity contribution in [2.45, 2.75) is 24.5 Å². The van der Waals surface area contributed by atoms with Crippen LogP contribution in [0.2, 0.25) is 0 Å². The number of carbonyl (C=O) groups excluding carboxylic acids is 2. The van der Waals surface area contributed by atoms with E-state index in [0.717, 1.165) is 33.0 Å². The third-order valence-corrected chi connectivity index (χ3v) is 8.98. The molecule has 11 nitrogen and oxygen atoms in total. The minimum Gasteiger partial charge on any atom is -0.480 e. The van der Waals surface area contributed by atoms with E-state index in [4.69, 9.17) is 4.42 Å². The van der Waals surface area contributed by atoms with Crippen LogP contribution in [0.3, 0.4) is 0 Å². The first kappa shape index (κ1) is 28.9. The van der Waals surface area contributed by atoms with Crippen LogP contribution in [0.1, 0.15) is 34.1 Å². The summed E-state index contributed by atoms with van der Waals surface area (Å²) in [4.78, 5) is 56.1. The van der Waals surface area contributed by atoms with Crippen molar-refractivity contribution in [2.24, 2.45) is 11.8 Å². The van der Waals surface area contributed by atoms with Crippen molar-refractivity contribution in [1.82, 2.24) is 15.2 Å². The number of rotatable bonds is 9. The van der Waals surface area contributed by atoms with Gasteiger partial charge in [-0.2, -0.15) is 0 Å². The summed E-state index contributed by atoms with van der Waals surface area (Å²) in [5.74, 6) is -5.26. The standard InChI is InChI=1S/C35H28N4O7/c40-32-29-30(33(41)38(32)20-25-16-17-28(46-25)39(44)45)35(34(42)43,18-24-19-36-27-9-5-4-8-26(24)27)37-31(29)23-14-12-22(13-15-23)11-10-21-6-2-1-3-7-21/h1-17,19,29-31,36-37H,18,20H2,(H,42,43)/b11-10+. The summed E-state index contributed by atoms with van der Waals surface area (Å²) in [7, 11) is 0. The van der Waals surface area contributed by atoms with Crippen LogP contribution in [0.5, 0.6) is 0 Å². The van der Waals surface area contributed by atoms with E-state index in [0.29, 0.717) is 11.1 Å². The molecule has 0 spiro atoms. The molecule has 2 aliphatic rings. The van der Waals surface area contributed by atoms with E-state index in [1.807, 2.05) is 91.0 Å². The van der Waals surface area contributed by atoms with Gasteiger partial charge in [0, 0.05) is 29.6 Å². The predicted octanol–water partition coefficient (Wildman–Crippen LogP) is 5.35. The molecule has 2 saturated heterocycles. The van der Waals surface area contributed by atoms with E-state index < -0.39 is 52.0 Å². The zero-order valence-corrected chi connectivity index (χ0v) is 24.3. The van der Waals surface area contributed by atoms with Gasteiger partial charge in [0.05, 0.1) is 24.4 Å². The number of fused-ring (bicyclic) bond motifs is 2. The van der Waals surface area contributed by atoms with Crippen LogP contribution in [-0.4, -0.2) is 43.2 Å². The highest BCUT2D eigenvalue weighted by atomic mass is 16.6. The molecule has 2 aromatic heterocycles. The fourth-order valence-corrected chi connectivity index (χ4v) is 6.79. The summed E-state index contributed by atoms with van der Waals surface area (Å²) >= 11 is 0. The Labute approximate surface area is 262 Å². The normalized spacial score (nSPS) is 22.6. The maximum Gasteiger partial charge on any atom is 0.433 e. The van der Waals surface area contributed by atoms with Crippen LogP contribution >= 0.6 is 0 Å². The van der Waals surface area contributed by atoms with Gasteiger partial charge >= 0.3 is 11.9 Å². The Bertz CT molecular complexity index is 2010. The van der Waals surface area contributed by atoms with Crippen molar-refractivity contribution in [2.75, 3.05) is 0 Å². The Morgan fingerprint density at radius 2 is 1.63 bits per heavy atom. The van der Waals surface area contributed by atoms with Crippen LogP contribution in [0.4, 0.5) is 5.88 Å². The average Bonchev–Trinajstić information content (AvgIpc) is 3.83. The Kier molecular flexibility index (Phi) is 7.09. The quantitative estimate of drug-likeness (QED) is 0.0865. The Hall–Kier alpha value is -5.81. The topological polar surface area (TPSA) is 159 Å². The van der Waals surface area contributed by atoms with E-state index >= 15 is 0 Å². The number of nitrogens with one attached hydrogen (secondary N) is 2. The van der Waals surface area contributed by atoms with Crippen molar-refractivity contribution in [3.63, 3.8) is 0 Å². The van der Waals surface area contributed by atoms with Crippen LogP contribution in [0, 0.1) is 22.0 Å². The fourth-order valence-electron chi connectivity index (χ4n) is 6.79. The maximum absolute atomic E-state index is 14.1. The molecule has 4 atom stereocenters. The molecule has 2 fully saturated rings.